The van der Waals surface area contributed by atoms with Gasteiger partial charge in [0.05, 0.1) is 19.6 Å². The van der Waals surface area contributed by atoms with Crippen molar-refractivity contribution in [1.29, 1.82) is 0 Å². The van der Waals surface area contributed by atoms with Gasteiger partial charge < -0.3 is 4.74 Å². The van der Waals surface area contributed by atoms with E-state index in [1.807, 2.05) is 18.2 Å². The number of nitro benzene ring substituents is 1. The molecule has 1 aromatic rings. The van der Waals surface area contributed by atoms with E-state index in [0.717, 1.165) is 5.56 Å². The Balaban J connectivity index is 2.54. The highest BCUT2D eigenvalue weighted by Crippen LogP contribution is 2.14. The standard InChI is InChI=1S/C14H21NO3Si/c1-12(19(2,3)4)18-10-6-8-13-7-5-9-14(11-13)15(16)17/h5-9,11-12H,10H2,1-4H3. The fourth-order valence-electron chi connectivity index (χ4n) is 1.38. The van der Waals surface area contributed by atoms with Gasteiger partial charge >= 0.3 is 0 Å². The van der Waals surface area contributed by atoms with Gasteiger partial charge in [-0.25, -0.2) is 0 Å². The monoisotopic (exact) mass is 279 g/mol. The summed E-state index contributed by atoms with van der Waals surface area (Å²) in [5.74, 6) is 0. The third-order valence-corrected chi connectivity index (χ3v) is 5.66. The fraction of sp³-hybridized carbons (Fsp3) is 0.429. The van der Waals surface area contributed by atoms with Crippen LogP contribution in [0, 0.1) is 10.1 Å². The summed E-state index contributed by atoms with van der Waals surface area (Å²) in [6, 6.07) is 6.56. The van der Waals surface area contributed by atoms with Crippen LogP contribution in [-0.2, 0) is 4.74 Å². The van der Waals surface area contributed by atoms with Crippen LogP contribution in [0.4, 0.5) is 5.69 Å². The third-order valence-electron chi connectivity index (χ3n) is 3.05. The molecule has 0 aromatic heterocycles. The Kier molecular flexibility index (Phi) is 5.44. The number of nitro groups is 1. The Labute approximate surface area is 115 Å². The lowest BCUT2D eigenvalue weighted by atomic mass is 10.2. The molecule has 0 heterocycles. The summed E-state index contributed by atoms with van der Waals surface area (Å²) in [6.07, 6.45) is 3.75. The highest BCUT2D eigenvalue weighted by atomic mass is 28.3. The normalized spacial score (nSPS) is 13.7. The average molecular weight is 279 g/mol. The Morgan fingerprint density at radius 3 is 2.68 bits per heavy atom. The van der Waals surface area contributed by atoms with Crippen LogP contribution in [0.3, 0.4) is 0 Å². The van der Waals surface area contributed by atoms with Crippen LogP contribution < -0.4 is 0 Å². The van der Waals surface area contributed by atoms with Gasteiger partial charge in [0.25, 0.3) is 5.69 Å². The molecule has 1 atom stereocenters. The zero-order chi connectivity index (χ0) is 14.5. The third kappa shape index (κ3) is 5.36. The summed E-state index contributed by atoms with van der Waals surface area (Å²) in [6.45, 7) is 9.44. The van der Waals surface area contributed by atoms with Crippen LogP contribution in [0.2, 0.25) is 19.6 Å². The molecule has 0 saturated carbocycles. The molecule has 104 valence electrons. The predicted octanol–water partition coefficient (Wildman–Crippen LogP) is 3.89. The van der Waals surface area contributed by atoms with Crippen molar-refractivity contribution < 1.29 is 9.66 Å². The molecule has 0 spiro atoms. The highest BCUT2D eigenvalue weighted by Gasteiger charge is 2.22. The van der Waals surface area contributed by atoms with Crippen molar-refractivity contribution in [2.45, 2.75) is 32.3 Å². The molecule has 0 N–H and O–H groups in total. The first kappa shape index (κ1) is 15.6. The second kappa shape index (κ2) is 6.63. The van der Waals surface area contributed by atoms with Crippen LogP contribution in [0.25, 0.3) is 6.08 Å². The van der Waals surface area contributed by atoms with E-state index in [4.69, 9.17) is 4.74 Å². The lowest BCUT2D eigenvalue weighted by Crippen LogP contribution is -2.37. The van der Waals surface area contributed by atoms with Crippen molar-refractivity contribution in [2.24, 2.45) is 0 Å². The number of rotatable bonds is 6. The summed E-state index contributed by atoms with van der Waals surface area (Å²) in [7, 11) is -1.26. The minimum absolute atomic E-state index is 0.110. The summed E-state index contributed by atoms with van der Waals surface area (Å²) in [5, 5.41) is 10.6. The van der Waals surface area contributed by atoms with Gasteiger partial charge in [-0.05, 0) is 12.5 Å². The predicted molar refractivity (Wildman–Crippen MR) is 80.9 cm³/mol. The summed E-state index contributed by atoms with van der Waals surface area (Å²) in [4.78, 5) is 10.3. The molecular weight excluding hydrogens is 258 g/mol. The smallest absolute Gasteiger partial charge is 0.270 e. The maximum atomic E-state index is 10.6. The first-order chi connectivity index (χ1) is 8.80. The van der Waals surface area contributed by atoms with E-state index in [-0.39, 0.29) is 10.6 Å². The number of benzene rings is 1. The molecule has 1 aromatic carbocycles. The molecule has 0 aliphatic carbocycles. The van der Waals surface area contributed by atoms with Crippen LogP contribution in [0.15, 0.2) is 30.3 Å². The zero-order valence-electron chi connectivity index (χ0n) is 11.9. The Morgan fingerprint density at radius 1 is 1.42 bits per heavy atom. The molecular formula is C14H21NO3Si. The Hall–Kier alpha value is -1.46. The van der Waals surface area contributed by atoms with E-state index in [2.05, 4.69) is 26.6 Å². The molecule has 0 fully saturated rings. The van der Waals surface area contributed by atoms with E-state index in [1.165, 1.54) is 6.07 Å². The fourth-order valence-corrected chi connectivity index (χ4v) is 1.97. The van der Waals surface area contributed by atoms with Gasteiger partial charge in [0, 0.05) is 17.9 Å². The molecule has 0 saturated heterocycles. The van der Waals surface area contributed by atoms with Crippen LogP contribution in [-0.4, -0.2) is 25.3 Å². The van der Waals surface area contributed by atoms with Gasteiger partial charge in [-0.15, -0.1) is 0 Å². The molecule has 0 radical (unpaired) electrons. The van der Waals surface area contributed by atoms with Gasteiger partial charge in [0.2, 0.25) is 0 Å². The minimum Gasteiger partial charge on any atom is -0.378 e. The van der Waals surface area contributed by atoms with Crippen molar-refractivity contribution in [3.05, 3.63) is 46.0 Å². The number of non-ortho nitro benzene ring substituents is 1. The van der Waals surface area contributed by atoms with Gasteiger partial charge in [0.15, 0.2) is 0 Å². The average Bonchev–Trinajstić information content (AvgIpc) is 2.33. The summed E-state index contributed by atoms with van der Waals surface area (Å²) in [5.41, 5.74) is 1.22. The molecule has 1 rings (SSSR count). The second-order valence-electron chi connectivity index (χ2n) is 5.60. The van der Waals surface area contributed by atoms with Crippen molar-refractivity contribution in [3.8, 4) is 0 Å². The maximum Gasteiger partial charge on any atom is 0.270 e. The largest absolute Gasteiger partial charge is 0.378 e. The van der Waals surface area contributed by atoms with Crippen molar-refractivity contribution in [1.82, 2.24) is 0 Å². The van der Waals surface area contributed by atoms with Gasteiger partial charge in [-0.1, -0.05) is 43.9 Å². The first-order valence-corrected chi connectivity index (χ1v) is 9.91. The summed E-state index contributed by atoms with van der Waals surface area (Å²) < 4.78 is 5.75. The molecule has 5 heteroatoms. The number of ether oxygens (including phenoxy) is 1. The topological polar surface area (TPSA) is 52.4 Å². The highest BCUT2D eigenvalue weighted by molar-refractivity contribution is 6.77. The van der Waals surface area contributed by atoms with Crippen molar-refractivity contribution in [2.75, 3.05) is 6.61 Å². The molecule has 0 aliphatic rings. The second-order valence-corrected chi connectivity index (χ2v) is 11.1. The van der Waals surface area contributed by atoms with E-state index in [1.54, 1.807) is 12.1 Å². The molecule has 0 aliphatic heterocycles. The molecule has 1 unspecified atom stereocenters. The first-order valence-electron chi connectivity index (χ1n) is 6.33. The van der Waals surface area contributed by atoms with E-state index < -0.39 is 8.07 Å². The SMILES string of the molecule is CC(OCC=Cc1cccc([N+](=O)[O-])c1)[Si](C)(C)C. The zero-order valence-corrected chi connectivity index (χ0v) is 12.9. The van der Waals surface area contributed by atoms with Crippen molar-refractivity contribution >= 4 is 19.8 Å². The minimum atomic E-state index is -1.26. The van der Waals surface area contributed by atoms with E-state index in [0.29, 0.717) is 12.3 Å². The number of hydrogen-bond donors (Lipinski definition) is 0. The van der Waals surface area contributed by atoms with Crippen molar-refractivity contribution in [3.63, 3.8) is 0 Å². The quantitative estimate of drug-likeness (QED) is 0.451. The molecule has 4 nitrogen and oxygen atoms in total. The maximum absolute atomic E-state index is 10.6. The van der Waals surface area contributed by atoms with Gasteiger partial charge in [0.1, 0.15) is 0 Å². The van der Waals surface area contributed by atoms with Crippen LogP contribution in [0.5, 0.6) is 0 Å². The summed E-state index contributed by atoms with van der Waals surface area (Å²) >= 11 is 0. The van der Waals surface area contributed by atoms with Crippen LogP contribution >= 0.6 is 0 Å². The molecule has 19 heavy (non-hydrogen) atoms. The lowest BCUT2D eigenvalue weighted by molar-refractivity contribution is -0.384. The van der Waals surface area contributed by atoms with Crippen LogP contribution in [0.1, 0.15) is 12.5 Å². The van der Waals surface area contributed by atoms with E-state index >= 15 is 0 Å². The Bertz CT molecular complexity index is 466. The van der Waals surface area contributed by atoms with Gasteiger partial charge in [-0.3, -0.25) is 10.1 Å². The van der Waals surface area contributed by atoms with Gasteiger partial charge in [-0.2, -0.15) is 0 Å². The lowest BCUT2D eigenvalue weighted by Gasteiger charge is -2.24. The number of nitrogens with zero attached hydrogens (tertiary/aromatic N) is 1. The molecule has 0 amide bonds. The number of hydrogen-bond acceptors (Lipinski definition) is 3. The molecule has 0 bridgehead atoms. The Morgan fingerprint density at radius 2 is 2.11 bits per heavy atom. The van der Waals surface area contributed by atoms with E-state index in [9.17, 15) is 10.1 Å².